The number of aliphatic hydroxyl groups excluding tert-OH is 6. The van der Waals surface area contributed by atoms with Gasteiger partial charge in [-0.3, -0.25) is 9.36 Å². The molecule has 8 heterocycles. The molecule has 0 spiro atoms. The predicted octanol–water partition coefficient (Wildman–Crippen LogP) is -2.15. The van der Waals surface area contributed by atoms with Gasteiger partial charge in [0, 0.05) is 88.1 Å². The number of hydrogen-bond acceptors (Lipinski definition) is 28. The number of ether oxygens (including phenoxy) is 7. The fourth-order valence-corrected chi connectivity index (χ4v) is 13.0. The lowest BCUT2D eigenvalue weighted by molar-refractivity contribution is -0.306. The Kier molecular flexibility index (Phi) is 24.0. The first kappa shape index (κ1) is 69.5. The van der Waals surface area contributed by atoms with E-state index in [1.54, 1.807) is 6.20 Å². The predicted molar refractivity (Wildman–Crippen MR) is 340 cm³/mol. The zero-order valence-corrected chi connectivity index (χ0v) is 53.4. The molecule has 4 aromatic heterocycles. The highest BCUT2D eigenvalue weighted by Gasteiger charge is 2.55. The quantitative estimate of drug-likeness (QED) is 0.0206. The number of rotatable bonds is 31. The second-order valence-electron chi connectivity index (χ2n) is 25.9. The van der Waals surface area contributed by atoms with Crippen LogP contribution in [0.2, 0.25) is 0 Å². The number of aromatic amines is 1. The normalized spacial score (nSPS) is 31.8. The maximum absolute atomic E-state index is 12.0. The summed E-state index contributed by atoms with van der Waals surface area (Å²) in [6, 6.07) is 10.1. The van der Waals surface area contributed by atoms with Crippen molar-refractivity contribution in [1.29, 1.82) is 0 Å². The van der Waals surface area contributed by atoms with Gasteiger partial charge < -0.3 is 113 Å². The standard InChI is InChI=1S/C62H97N19O13/c1-77-22-24-78(25-23-77)39-16-19-43-44(26-39)70-59(69-43)35-14-17-40(18-15-35)88-34-38-32-80(75-73-38)21-11-7-5-3-2-4-6-10-20-79-30-36(71-74-79)12-8-9-13-37-31-81(76-72-37)33-47-57(93-61-49(68)54(86)52(84)46(29-64)90-61)55(87)62(91-47)94-58-50(82)41(65)27-42(66)56(58)92-60-48(67)53(85)51(83)45(28-63)89-60/h14-19,26,30-32,41-42,45-58,60-62,82-87H,2-13,20-25,27-29,33-34,63-68H2,1H3,(H,69,70)/t41-,42?,45?,46+,47-,48?,49?,50?,51+,52-,53-,54?,55+,56+,57+,58-,60+,61-,62?/m1/s1. The van der Waals surface area contributed by atoms with Gasteiger partial charge in [-0.2, -0.15) is 0 Å². The number of nitrogens with two attached hydrogens (primary N) is 6. The Morgan fingerprint density at radius 3 is 1.68 bits per heavy atom. The molecule has 0 bridgehead atoms. The molecule has 2 aromatic carbocycles. The summed E-state index contributed by atoms with van der Waals surface area (Å²) < 4.78 is 48.3. The summed E-state index contributed by atoms with van der Waals surface area (Å²) in [5.74, 6) is 1.59. The van der Waals surface area contributed by atoms with Crippen LogP contribution in [-0.2, 0) is 67.5 Å². The highest BCUT2D eigenvalue weighted by atomic mass is 16.8. The Morgan fingerprint density at radius 2 is 1.07 bits per heavy atom. The van der Waals surface area contributed by atoms with Crippen molar-refractivity contribution in [3.05, 3.63) is 78.1 Å². The number of anilines is 1. The molecule has 94 heavy (non-hydrogen) atoms. The molecule has 11 rings (SSSR count). The number of imidazole rings is 1. The average Bonchev–Trinajstić information content (AvgIpc) is 1.40. The van der Waals surface area contributed by atoms with Gasteiger partial charge in [-0.15, -0.1) is 15.3 Å². The number of nitrogens with one attached hydrogen (secondary N) is 1. The molecule has 4 saturated heterocycles. The van der Waals surface area contributed by atoms with Crippen LogP contribution in [0.1, 0.15) is 87.7 Å². The number of unbranched alkanes of at least 4 members (excludes halogenated alkanes) is 8. The molecule has 19 atom stereocenters. The minimum atomic E-state index is -1.61. The number of hydrogen-bond donors (Lipinski definition) is 13. The van der Waals surface area contributed by atoms with Gasteiger partial charge >= 0.3 is 0 Å². The van der Waals surface area contributed by atoms with Gasteiger partial charge in [-0.25, -0.2) is 9.67 Å². The van der Waals surface area contributed by atoms with E-state index < -0.39 is 116 Å². The second-order valence-corrected chi connectivity index (χ2v) is 25.9. The lowest BCUT2D eigenvalue weighted by Crippen LogP contribution is -2.68. The molecule has 0 amide bonds. The zero-order valence-electron chi connectivity index (χ0n) is 53.4. The molecule has 4 aliphatic heterocycles. The number of aryl methyl sites for hydroxylation is 4. The van der Waals surface area contributed by atoms with Crippen LogP contribution in [-0.4, -0.2) is 253 Å². The van der Waals surface area contributed by atoms with E-state index in [1.165, 1.54) is 36.1 Å². The maximum Gasteiger partial charge on any atom is 0.187 e. The third-order valence-electron chi connectivity index (χ3n) is 18.8. The zero-order chi connectivity index (χ0) is 66.0. The van der Waals surface area contributed by atoms with Crippen LogP contribution < -0.4 is 44.0 Å². The minimum absolute atomic E-state index is 0.0300. The molecule has 1 aliphatic carbocycles. The van der Waals surface area contributed by atoms with Crippen LogP contribution in [0.4, 0.5) is 5.69 Å². The lowest BCUT2D eigenvalue weighted by atomic mass is 9.84. The van der Waals surface area contributed by atoms with Crippen molar-refractivity contribution in [2.45, 2.75) is 226 Å². The molecular formula is C62H97N19O13. The molecule has 7 unspecified atom stereocenters. The molecule has 32 heteroatoms. The van der Waals surface area contributed by atoms with Crippen LogP contribution in [0.5, 0.6) is 5.75 Å². The molecule has 1 saturated carbocycles. The van der Waals surface area contributed by atoms with E-state index in [4.69, 9.17) is 72.5 Å². The lowest BCUT2D eigenvalue weighted by Gasteiger charge is -2.47. The molecule has 32 nitrogen and oxygen atoms in total. The van der Waals surface area contributed by atoms with E-state index in [0.717, 1.165) is 124 Å². The van der Waals surface area contributed by atoms with Crippen LogP contribution in [0.15, 0.2) is 61.1 Å². The van der Waals surface area contributed by atoms with Gasteiger partial charge in [0.05, 0.1) is 53.4 Å². The SMILES string of the molecule is CN1CCN(c2ccc3nc(-c4ccc(OCc5cn(CCCCCCCCCCn6cc(CCCCc7cn(C[C@H]8OC(O[C@@H]9C(O)[C@H](N)CC(N)[C@@H]9O[C@@H]9OC(CN)[C@H](O)[C@H](O)C9N)[C@@H](O)[C@H]8O[C@H]8O[C@@H](CN)[C@@H](O)C(O)C8N)nn7)nn6)nn5)cc4)[nH]c3c2)CC1. The molecule has 5 fully saturated rings. The Bertz CT molecular complexity index is 3260. The molecule has 5 aliphatic rings. The van der Waals surface area contributed by atoms with Gasteiger partial charge in [0.1, 0.15) is 91.0 Å². The van der Waals surface area contributed by atoms with Crippen LogP contribution >= 0.6 is 0 Å². The van der Waals surface area contributed by atoms with Gasteiger partial charge in [-0.05, 0) is 94.5 Å². The first-order valence-corrected chi connectivity index (χ1v) is 33.3. The molecule has 19 N–H and O–H groups in total. The third kappa shape index (κ3) is 17.1. The van der Waals surface area contributed by atoms with Crippen molar-refractivity contribution in [3.8, 4) is 17.1 Å². The van der Waals surface area contributed by atoms with E-state index in [9.17, 15) is 30.6 Å². The summed E-state index contributed by atoms with van der Waals surface area (Å²) in [6.07, 6.45) is -2.12. The van der Waals surface area contributed by atoms with Crippen molar-refractivity contribution >= 4 is 16.7 Å². The topological polar surface area (TPSA) is 469 Å². The van der Waals surface area contributed by atoms with Gasteiger partial charge in [0.15, 0.2) is 18.9 Å². The van der Waals surface area contributed by atoms with E-state index in [0.29, 0.717) is 18.7 Å². The van der Waals surface area contributed by atoms with Crippen LogP contribution in [0.25, 0.3) is 22.4 Å². The molecule has 518 valence electrons. The summed E-state index contributed by atoms with van der Waals surface area (Å²) >= 11 is 0. The number of aliphatic hydroxyl groups is 6. The van der Waals surface area contributed by atoms with Gasteiger partial charge in [-0.1, -0.05) is 54.2 Å². The third-order valence-corrected chi connectivity index (χ3v) is 18.8. The van der Waals surface area contributed by atoms with Crippen LogP contribution in [0, 0.1) is 0 Å². The average molecular weight is 1320 g/mol. The Balaban J connectivity index is 0.569. The van der Waals surface area contributed by atoms with E-state index in [1.807, 2.05) is 46.0 Å². The fraction of sp³-hybridized carbons (Fsp3) is 0.694. The summed E-state index contributed by atoms with van der Waals surface area (Å²) in [5.41, 5.74) is 43.7. The molecular weight excluding hydrogens is 1220 g/mol. The van der Waals surface area contributed by atoms with Crippen molar-refractivity contribution in [1.82, 2.24) is 59.8 Å². The molecule has 0 radical (unpaired) electrons. The van der Waals surface area contributed by atoms with Gasteiger partial charge in [0.2, 0.25) is 0 Å². The highest BCUT2D eigenvalue weighted by Crippen LogP contribution is 2.36. The van der Waals surface area contributed by atoms with E-state index >= 15 is 0 Å². The number of nitrogens with zero attached hydrogens (tertiary/aromatic N) is 12. The van der Waals surface area contributed by atoms with E-state index in [-0.39, 0.29) is 26.1 Å². The first-order valence-electron chi connectivity index (χ1n) is 33.3. The number of likely N-dealkylation sites (N-methyl/N-ethyl adjacent to an activating group) is 1. The summed E-state index contributed by atoms with van der Waals surface area (Å²) in [4.78, 5) is 13.1. The van der Waals surface area contributed by atoms with Gasteiger partial charge in [0.25, 0.3) is 0 Å². The number of piperazine rings is 1. The van der Waals surface area contributed by atoms with Crippen molar-refractivity contribution in [2.24, 2.45) is 34.4 Å². The minimum Gasteiger partial charge on any atom is -0.487 e. The summed E-state index contributed by atoms with van der Waals surface area (Å²) in [6.45, 7) is 5.78. The Hall–Kier alpha value is -5.83. The summed E-state index contributed by atoms with van der Waals surface area (Å²) in [7, 11) is 2.17. The number of aromatic nitrogens is 11. The van der Waals surface area contributed by atoms with Crippen molar-refractivity contribution in [3.63, 3.8) is 0 Å². The molecule has 6 aromatic rings. The smallest absolute Gasteiger partial charge is 0.187 e. The Morgan fingerprint density at radius 1 is 0.543 bits per heavy atom. The highest BCUT2D eigenvalue weighted by molar-refractivity contribution is 5.83. The summed E-state index contributed by atoms with van der Waals surface area (Å²) in [5, 5.41) is 92.2. The van der Waals surface area contributed by atoms with Crippen LogP contribution in [0.3, 0.4) is 0 Å². The Labute approximate surface area is 545 Å². The monoisotopic (exact) mass is 1320 g/mol. The van der Waals surface area contributed by atoms with Crippen molar-refractivity contribution < 1.29 is 63.8 Å². The number of H-pyrrole nitrogens is 1. The first-order chi connectivity index (χ1) is 45.5. The van der Waals surface area contributed by atoms with E-state index in [2.05, 4.69) is 71.0 Å². The largest absolute Gasteiger partial charge is 0.487 e. The second kappa shape index (κ2) is 32.5. The fourth-order valence-electron chi connectivity index (χ4n) is 13.0. The van der Waals surface area contributed by atoms with Crippen molar-refractivity contribution in [2.75, 3.05) is 51.2 Å². The number of benzene rings is 2. The maximum atomic E-state index is 12.0. The number of fused-ring (bicyclic) bond motifs is 1.